The van der Waals surface area contributed by atoms with Crippen molar-refractivity contribution in [2.75, 3.05) is 0 Å². The third kappa shape index (κ3) is 7.55. The lowest BCUT2D eigenvalue weighted by molar-refractivity contribution is 0.133. The minimum atomic E-state index is -0.674. The highest BCUT2D eigenvalue weighted by Gasteiger charge is 2.04. The van der Waals surface area contributed by atoms with E-state index in [1.807, 2.05) is 12.2 Å². The molecule has 0 bridgehead atoms. The van der Waals surface area contributed by atoms with E-state index in [4.69, 9.17) is 0 Å². The van der Waals surface area contributed by atoms with Gasteiger partial charge in [0.05, 0.1) is 5.60 Å². The molecule has 0 aliphatic carbocycles. The van der Waals surface area contributed by atoms with Gasteiger partial charge in [0, 0.05) is 0 Å². The summed E-state index contributed by atoms with van der Waals surface area (Å²) in [6.45, 7) is 7.80. The maximum Gasteiger partial charge on any atom is 0.0771 e. The first-order valence-electron chi connectivity index (χ1n) is 4.51. The van der Waals surface area contributed by atoms with Crippen molar-refractivity contribution in [1.29, 1.82) is 0 Å². The van der Waals surface area contributed by atoms with Crippen molar-refractivity contribution in [2.45, 2.75) is 46.1 Å². The van der Waals surface area contributed by atoms with Crippen molar-refractivity contribution in [3.05, 3.63) is 23.8 Å². The van der Waals surface area contributed by atoms with Crippen molar-refractivity contribution < 1.29 is 5.11 Å². The third-order valence-corrected chi connectivity index (χ3v) is 1.52. The standard InChI is InChI=1S/C11H20O/c1-5-7-10(2)8-6-9-11(3,4)12/h6-7,9,12H,5,8H2,1-4H3/b9-6-,10-7+. The lowest BCUT2D eigenvalue weighted by atomic mass is 10.1. The zero-order chi connectivity index (χ0) is 9.61. The molecule has 0 heterocycles. The molecule has 1 N–H and O–H groups in total. The zero-order valence-corrected chi connectivity index (χ0v) is 8.59. The van der Waals surface area contributed by atoms with E-state index in [1.54, 1.807) is 13.8 Å². The second kappa shape index (κ2) is 5.15. The topological polar surface area (TPSA) is 20.2 Å². The lowest BCUT2D eigenvalue weighted by Crippen LogP contribution is -2.13. The van der Waals surface area contributed by atoms with E-state index in [0.29, 0.717) is 0 Å². The van der Waals surface area contributed by atoms with Crippen LogP contribution in [-0.4, -0.2) is 10.7 Å². The molecule has 0 saturated carbocycles. The minimum absolute atomic E-state index is 0.674. The Morgan fingerprint density at radius 3 is 2.42 bits per heavy atom. The molecule has 1 heteroatoms. The fraction of sp³-hybridized carbons (Fsp3) is 0.636. The number of aliphatic hydroxyl groups is 1. The van der Waals surface area contributed by atoms with E-state index in [2.05, 4.69) is 19.9 Å². The normalized spacial score (nSPS) is 14.2. The Kier molecular flexibility index (Phi) is 4.91. The first kappa shape index (κ1) is 11.4. The Hall–Kier alpha value is -0.560. The molecule has 0 rings (SSSR count). The zero-order valence-electron chi connectivity index (χ0n) is 8.59. The molecule has 0 aromatic heterocycles. The van der Waals surface area contributed by atoms with Crippen LogP contribution in [0.5, 0.6) is 0 Å². The summed E-state index contributed by atoms with van der Waals surface area (Å²) < 4.78 is 0. The summed E-state index contributed by atoms with van der Waals surface area (Å²) in [5.74, 6) is 0. The summed E-state index contributed by atoms with van der Waals surface area (Å²) in [5, 5.41) is 9.35. The van der Waals surface area contributed by atoms with Crippen LogP contribution in [0.3, 0.4) is 0 Å². The largest absolute Gasteiger partial charge is 0.386 e. The predicted molar refractivity (Wildman–Crippen MR) is 54.1 cm³/mol. The van der Waals surface area contributed by atoms with Gasteiger partial charge in [0.2, 0.25) is 0 Å². The molecule has 0 aliphatic heterocycles. The Balaban J connectivity index is 3.83. The van der Waals surface area contributed by atoms with Gasteiger partial charge < -0.3 is 5.11 Å². The molecule has 12 heavy (non-hydrogen) atoms. The van der Waals surface area contributed by atoms with E-state index in [9.17, 15) is 5.11 Å². The van der Waals surface area contributed by atoms with Crippen LogP contribution >= 0.6 is 0 Å². The van der Waals surface area contributed by atoms with Gasteiger partial charge in [-0.05, 0) is 33.6 Å². The average molecular weight is 168 g/mol. The SMILES string of the molecule is CC/C=C(\C)C/C=C\C(C)(C)O. The Bertz CT molecular complexity index is 170. The molecule has 1 nitrogen and oxygen atoms in total. The smallest absolute Gasteiger partial charge is 0.0771 e. The highest BCUT2D eigenvalue weighted by molar-refractivity contribution is 5.06. The fourth-order valence-electron chi connectivity index (χ4n) is 0.965. The molecule has 0 aromatic carbocycles. The third-order valence-electron chi connectivity index (χ3n) is 1.52. The van der Waals surface area contributed by atoms with Crippen molar-refractivity contribution >= 4 is 0 Å². The summed E-state index contributed by atoms with van der Waals surface area (Å²) >= 11 is 0. The van der Waals surface area contributed by atoms with Gasteiger partial charge in [0.1, 0.15) is 0 Å². The van der Waals surface area contributed by atoms with Gasteiger partial charge in [-0.15, -0.1) is 0 Å². The first-order valence-corrected chi connectivity index (χ1v) is 4.51. The minimum Gasteiger partial charge on any atom is -0.386 e. The predicted octanol–water partition coefficient (Wildman–Crippen LogP) is 3.06. The molecule has 0 spiro atoms. The molecule has 0 unspecified atom stereocenters. The molecule has 0 radical (unpaired) electrons. The van der Waals surface area contributed by atoms with Gasteiger partial charge >= 0.3 is 0 Å². The molecule has 0 fully saturated rings. The van der Waals surface area contributed by atoms with Gasteiger partial charge in [-0.3, -0.25) is 0 Å². The van der Waals surface area contributed by atoms with E-state index >= 15 is 0 Å². The molecule has 0 amide bonds. The van der Waals surface area contributed by atoms with E-state index in [1.165, 1.54) is 5.57 Å². The van der Waals surface area contributed by atoms with Crippen LogP contribution in [0, 0.1) is 0 Å². The van der Waals surface area contributed by atoms with Crippen LogP contribution in [0.25, 0.3) is 0 Å². The summed E-state index contributed by atoms with van der Waals surface area (Å²) in [6.07, 6.45) is 8.08. The Labute approximate surface area is 75.8 Å². The molecule has 70 valence electrons. The molecular formula is C11H20O. The van der Waals surface area contributed by atoms with Gasteiger partial charge in [-0.2, -0.15) is 0 Å². The van der Waals surface area contributed by atoms with Crippen LogP contribution in [-0.2, 0) is 0 Å². The molecule has 0 aromatic rings. The van der Waals surface area contributed by atoms with Crippen LogP contribution in [0.15, 0.2) is 23.8 Å². The van der Waals surface area contributed by atoms with Crippen LogP contribution < -0.4 is 0 Å². The van der Waals surface area contributed by atoms with Gasteiger partial charge in [0.15, 0.2) is 0 Å². The first-order chi connectivity index (χ1) is 5.45. The van der Waals surface area contributed by atoms with Crippen molar-refractivity contribution in [3.8, 4) is 0 Å². The Morgan fingerprint density at radius 2 is 2.00 bits per heavy atom. The fourth-order valence-corrected chi connectivity index (χ4v) is 0.965. The van der Waals surface area contributed by atoms with Crippen molar-refractivity contribution in [2.24, 2.45) is 0 Å². The lowest BCUT2D eigenvalue weighted by Gasteiger charge is -2.09. The second-order valence-electron chi connectivity index (χ2n) is 3.72. The van der Waals surface area contributed by atoms with Gasteiger partial charge in [-0.25, -0.2) is 0 Å². The van der Waals surface area contributed by atoms with E-state index in [-0.39, 0.29) is 0 Å². The highest BCUT2D eigenvalue weighted by atomic mass is 16.3. The van der Waals surface area contributed by atoms with Gasteiger partial charge in [-0.1, -0.05) is 30.7 Å². The van der Waals surface area contributed by atoms with E-state index < -0.39 is 5.60 Å². The van der Waals surface area contributed by atoms with Crippen LogP contribution in [0.1, 0.15) is 40.5 Å². The number of hydrogen-bond donors (Lipinski definition) is 1. The number of hydrogen-bond acceptors (Lipinski definition) is 1. The average Bonchev–Trinajstić information content (AvgIpc) is 1.84. The molecule has 0 saturated heterocycles. The summed E-state index contributed by atoms with van der Waals surface area (Å²) in [6, 6.07) is 0. The van der Waals surface area contributed by atoms with Crippen molar-refractivity contribution in [3.63, 3.8) is 0 Å². The monoisotopic (exact) mass is 168 g/mol. The summed E-state index contributed by atoms with van der Waals surface area (Å²) in [4.78, 5) is 0. The van der Waals surface area contributed by atoms with E-state index in [0.717, 1.165) is 12.8 Å². The van der Waals surface area contributed by atoms with Crippen molar-refractivity contribution in [1.82, 2.24) is 0 Å². The number of rotatable bonds is 4. The molecule has 0 atom stereocenters. The highest BCUT2D eigenvalue weighted by Crippen LogP contribution is 2.07. The summed E-state index contributed by atoms with van der Waals surface area (Å²) in [5.41, 5.74) is 0.685. The quantitative estimate of drug-likeness (QED) is 0.640. The Morgan fingerprint density at radius 1 is 1.42 bits per heavy atom. The maximum absolute atomic E-state index is 9.35. The number of allylic oxidation sites excluding steroid dienone is 3. The summed E-state index contributed by atoms with van der Waals surface area (Å²) in [7, 11) is 0. The maximum atomic E-state index is 9.35. The molecule has 0 aliphatic rings. The second-order valence-corrected chi connectivity index (χ2v) is 3.72. The van der Waals surface area contributed by atoms with Crippen LogP contribution in [0.4, 0.5) is 0 Å². The van der Waals surface area contributed by atoms with Gasteiger partial charge in [0.25, 0.3) is 0 Å². The molecular weight excluding hydrogens is 148 g/mol. The van der Waals surface area contributed by atoms with Crippen LogP contribution in [0.2, 0.25) is 0 Å².